The number of rotatable bonds is 6. The van der Waals surface area contributed by atoms with Gasteiger partial charge in [0.25, 0.3) is 10.0 Å². The van der Waals surface area contributed by atoms with Crippen molar-refractivity contribution in [2.45, 2.75) is 4.90 Å². The van der Waals surface area contributed by atoms with Crippen molar-refractivity contribution in [3.05, 3.63) is 82.9 Å². The van der Waals surface area contributed by atoms with Crippen LogP contribution in [0.25, 0.3) is 11.1 Å². The lowest BCUT2D eigenvalue weighted by molar-refractivity contribution is -0.386. The Hall–Kier alpha value is -3.39. The van der Waals surface area contributed by atoms with Crippen LogP contribution in [0, 0.1) is 10.1 Å². The van der Waals surface area contributed by atoms with Gasteiger partial charge in [-0.25, -0.2) is 8.42 Å². The molecule has 0 aromatic heterocycles. The summed E-state index contributed by atoms with van der Waals surface area (Å²) in [6.07, 6.45) is 0. The Labute approximate surface area is 156 Å². The second kappa shape index (κ2) is 7.46. The van der Waals surface area contributed by atoms with Crippen LogP contribution in [0.1, 0.15) is 0 Å². The van der Waals surface area contributed by atoms with E-state index in [1.165, 1.54) is 19.2 Å². The third-order valence-corrected chi connectivity index (χ3v) is 5.28. The minimum atomic E-state index is -4.03. The highest BCUT2D eigenvalue weighted by Gasteiger charge is 2.23. The highest BCUT2D eigenvalue weighted by molar-refractivity contribution is 7.92. The van der Waals surface area contributed by atoms with Gasteiger partial charge in [0.1, 0.15) is 0 Å². The van der Waals surface area contributed by atoms with E-state index in [2.05, 4.69) is 4.72 Å². The SMILES string of the molecule is COc1ccc(S(=O)(=O)Nc2ccccc2-c2ccccc2)cc1[N+](=O)[O-]. The zero-order valence-corrected chi connectivity index (χ0v) is 15.1. The van der Waals surface area contributed by atoms with E-state index >= 15 is 0 Å². The van der Waals surface area contributed by atoms with Crippen LogP contribution in [-0.4, -0.2) is 20.5 Å². The van der Waals surface area contributed by atoms with E-state index in [-0.39, 0.29) is 10.6 Å². The van der Waals surface area contributed by atoms with E-state index in [1.54, 1.807) is 24.3 Å². The first kappa shape index (κ1) is 18.4. The van der Waals surface area contributed by atoms with E-state index in [9.17, 15) is 18.5 Å². The summed E-state index contributed by atoms with van der Waals surface area (Å²) >= 11 is 0. The number of nitro benzene ring substituents is 1. The van der Waals surface area contributed by atoms with Crippen molar-refractivity contribution in [3.63, 3.8) is 0 Å². The van der Waals surface area contributed by atoms with Crippen molar-refractivity contribution in [1.82, 2.24) is 0 Å². The smallest absolute Gasteiger partial charge is 0.312 e. The number of ether oxygens (including phenoxy) is 1. The highest BCUT2D eigenvalue weighted by atomic mass is 32.2. The minimum absolute atomic E-state index is 0.0105. The number of nitro groups is 1. The predicted molar refractivity (Wildman–Crippen MR) is 102 cm³/mol. The topological polar surface area (TPSA) is 98.5 Å². The number of hydrogen-bond acceptors (Lipinski definition) is 5. The summed E-state index contributed by atoms with van der Waals surface area (Å²) in [7, 11) is -2.75. The fourth-order valence-electron chi connectivity index (χ4n) is 2.62. The lowest BCUT2D eigenvalue weighted by Crippen LogP contribution is -2.14. The van der Waals surface area contributed by atoms with Gasteiger partial charge in [0.2, 0.25) is 0 Å². The Morgan fingerprint density at radius 3 is 2.30 bits per heavy atom. The molecule has 0 amide bonds. The molecule has 0 radical (unpaired) electrons. The molecule has 0 aliphatic rings. The number of anilines is 1. The molecule has 0 heterocycles. The molecular formula is C19H16N2O5S. The number of nitrogens with zero attached hydrogens (tertiary/aromatic N) is 1. The number of nitrogens with one attached hydrogen (secondary N) is 1. The van der Waals surface area contributed by atoms with Gasteiger partial charge in [-0.05, 0) is 23.8 Å². The van der Waals surface area contributed by atoms with Gasteiger partial charge in [-0.15, -0.1) is 0 Å². The Morgan fingerprint density at radius 2 is 1.63 bits per heavy atom. The van der Waals surface area contributed by atoms with Gasteiger partial charge in [0.15, 0.2) is 5.75 Å². The van der Waals surface area contributed by atoms with Crippen LogP contribution in [0.3, 0.4) is 0 Å². The molecule has 0 saturated heterocycles. The summed E-state index contributed by atoms with van der Waals surface area (Å²) in [5.41, 5.74) is 1.50. The van der Waals surface area contributed by atoms with E-state index in [0.717, 1.165) is 11.6 Å². The Morgan fingerprint density at radius 1 is 0.963 bits per heavy atom. The Balaban J connectivity index is 2.02. The summed E-state index contributed by atoms with van der Waals surface area (Å²) in [5, 5.41) is 11.2. The summed E-state index contributed by atoms with van der Waals surface area (Å²) in [6, 6.07) is 19.8. The van der Waals surface area contributed by atoms with Crippen molar-refractivity contribution < 1.29 is 18.1 Å². The molecule has 138 valence electrons. The fraction of sp³-hybridized carbons (Fsp3) is 0.0526. The molecule has 0 spiro atoms. The van der Waals surface area contributed by atoms with Gasteiger partial charge < -0.3 is 4.74 Å². The summed E-state index contributed by atoms with van der Waals surface area (Å²) in [5.74, 6) is -0.0105. The minimum Gasteiger partial charge on any atom is -0.490 e. The zero-order valence-electron chi connectivity index (χ0n) is 14.3. The molecule has 0 bridgehead atoms. The van der Waals surface area contributed by atoms with Crippen molar-refractivity contribution in [2.75, 3.05) is 11.8 Å². The van der Waals surface area contributed by atoms with E-state index in [1.807, 2.05) is 30.3 Å². The molecule has 3 rings (SSSR count). The number of methoxy groups -OCH3 is 1. The van der Waals surface area contributed by atoms with Crippen LogP contribution >= 0.6 is 0 Å². The maximum absolute atomic E-state index is 12.8. The number of benzene rings is 3. The molecule has 3 aromatic rings. The van der Waals surface area contributed by atoms with Crippen molar-refractivity contribution in [1.29, 1.82) is 0 Å². The first-order valence-electron chi connectivity index (χ1n) is 7.92. The number of sulfonamides is 1. The molecule has 0 unspecified atom stereocenters. The molecule has 0 fully saturated rings. The summed E-state index contributed by atoms with van der Waals surface area (Å²) in [4.78, 5) is 10.3. The fourth-order valence-corrected chi connectivity index (χ4v) is 3.72. The van der Waals surface area contributed by atoms with Crippen LogP contribution in [0.4, 0.5) is 11.4 Å². The van der Waals surface area contributed by atoms with Crippen molar-refractivity contribution in [2.24, 2.45) is 0 Å². The first-order valence-corrected chi connectivity index (χ1v) is 9.40. The van der Waals surface area contributed by atoms with Gasteiger partial charge in [-0.1, -0.05) is 48.5 Å². The Kier molecular flexibility index (Phi) is 5.09. The molecule has 1 N–H and O–H groups in total. The molecule has 0 atom stereocenters. The average molecular weight is 384 g/mol. The second-order valence-electron chi connectivity index (χ2n) is 5.61. The van der Waals surface area contributed by atoms with Gasteiger partial charge in [-0.2, -0.15) is 0 Å². The van der Waals surface area contributed by atoms with Crippen LogP contribution in [0.2, 0.25) is 0 Å². The van der Waals surface area contributed by atoms with Gasteiger partial charge in [0.05, 0.1) is 22.6 Å². The molecule has 7 nitrogen and oxygen atoms in total. The van der Waals surface area contributed by atoms with Gasteiger partial charge in [-0.3, -0.25) is 14.8 Å². The van der Waals surface area contributed by atoms with E-state index < -0.39 is 20.6 Å². The second-order valence-corrected chi connectivity index (χ2v) is 7.29. The quantitative estimate of drug-likeness (QED) is 0.510. The molecule has 0 saturated carbocycles. The molecule has 27 heavy (non-hydrogen) atoms. The van der Waals surface area contributed by atoms with Gasteiger partial charge in [0, 0.05) is 11.6 Å². The van der Waals surface area contributed by atoms with Gasteiger partial charge >= 0.3 is 5.69 Å². The number of hydrogen-bond donors (Lipinski definition) is 1. The molecule has 8 heteroatoms. The van der Waals surface area contributed by atoms with E-state index in [0.29, 0.717) is 11.3 Å². The predicted octanol–water partition coefficient (Wildman–Crippen LogP) is 4.07. The maximum atomic E-state index is 12.8. The first-order chi connectivity index (χ1) is 12.9. The Bertz CT molecular complexity index is 1080. The normalized spacial score (nSPS) is 11.0. The van der Waals surface area contributed by atoms with Crippen molar-refractivity contribution in [3.8, 4) is 16.9 Å². The standard InChI is InChI=1S/C19H16N2O5S/c1-26-19-12-11-15(13-18(19)21(22)23)27(24,25)20-17-10-6-5-9-16(17)14-7-3-2-4-8-14/h2-13,20H,1H3. The molecular weight excluding hydrogens is 368 g/mol. The highest BCUT2D eigenvalue weighted by Crippen LogP contribution is 2.32. The van der Waals surface area contributed by atoms with E-state index in [4.69, 9.17) is 4.74 Å². The lowest BCUT2D eigenvalue weighted by atomic mass is 10.0. The van der Waals surface area contributed by atoms with Crippen LogP contribution in [0.5, 0.6) is 5.75 Å². The lowest BCUT2D eigenvalue weighted by Gasteiger charge is -2.13. The summed E-state index contributed by atoms with van der Waals surface area (Å²) < 4.78 is 33.0. The summed E-state index contributed by atoms with van der Waals surface area (Å²) in [6.45, 7) is 0. The molecule has 0 aliphatic carbocycles. The average Bonchev–Trinajstić information content (AvgIpc) is 2.68. The van der Waals surface area contributed by atoms with Crippen LogP contribution in [-0.2, 0) is 10.0 Å². The van der Waals surface area contributed by atoms with Crippen LogP contribution in [0.15, 0.2) is 77.7 Å². The third-order valence-electron chi connectivity index (χ3n) is 3.91. The largest absolute Gasteiger partial charge is 0.490 e. The van der Waals surface area contributed by atoms with Crippen LogP contribution < -0.4 is 9.46 Å². The molecule has 3 aromatic carbocycles. The third kappa shape index (κ3) is 3.90. The van der Waals surface area contributed by atoms with Crippen molar-refractivity contribution >= 4 is 21.4 Å². The number of para-hydroxylation sites is 1. The zero-order chi connectivity index (χ0) is 19.4. The maximum Gasteiger partial charge on any atom is 0.312 e. The monoisotopic (exact) mass is 384 g/mol. The molecule has 0 aliphatic heterocycles.